The number of hydrogen-bond donors (Lipinski definition) is 1. The number of ether oxygens (including phenoxy) is 1. The van der Waals surface area contributed by atoms with Crippen LogP contribution >= 0.6 is 0 Å². The molecule has 0 aliphatic heterocycles. The SMILES string of the molecule is CC(C)NCCCC(C)OCC1CC=CCC1C. The van der Waals surface area contributed by atoms with E-state index in [1.165, 1.54) is 19.3 Å². The van der Waals surface area contributed by atoms with E-state index in [-0.39, 0.29) is 0 Å². The van der Waals surface area contributed by atoms with Crippen molar-refractivity contribution < 1.29 is 4.74 Å². The zero-order valence-electron chi connectivity index (χ0n) is 12.6. The van der Waals surface area contributed by atoms with Crippen LogP contribution in [0.15, 0.2) is 12.2 Å². The summed E-state index contributed by atoms with van der Waals surface area (Å²) in [5.41, 5.74) is 0. The van der Waals surface area contributed by atoms with Gasteiger partial charge in [-0.2, -0.15) is 0 Å². The molecule has 0 aromatic carbocycles. The van der Waals surface area contributed by atoms with Gasteiger partial charge in [-0.25, -0.2) is 0 Å². The van der Waals surface area contributed by atoms with Crippen LogP contribution in [0, 0.1) is 11.8 Å². The molecule has 0 aromatic heterocycles. The predicted octanol–water partition coefficient (Wildman–Crippen LogP) is 3.77. The van der Waals surface area contributed by atoms with Crippen molar-refractivity contribution in [2.45, 2.75) is 65.5 Å². The maximum absolute atomic E-state index is 6.00. The average Bonchev–Trinajstić information content (AvgIpc) is 2.33. The lowest BCUT2D eigenvalue weighted by Crippen LogP contribution is -2.25. The first-order valence-corrected chi connectivity index (χ1v) is 7.59. The van der Waals surface area contributed by atoms with Gasteiger partial charge >= 0.3 is 0 Å². The van der Waals surface area contributed by atoms with E-state index < -0.39 is 0 Å². The first-order valence-electron chi connectivity index (χ1n) is 7.59. The second kappa shape index (κ2) is 8.71. The van der Waals surface area contributed by atoms with Crippen LogP contribution in [0.25, 0.3) is 0 Å². The maximum Gasteiger partial charge on any atom is 0.0547 e. The molecule has 0 saturated carbocycles. The molecule has 0 fully saturated rings. The molecule has 0 amide bonds. The highest BCUT2D eigenvalue weighted by molar-refractivity contribution is 4.93. The van der Waals surface area contributed by atoms with E-state index in [1.54, 1.807) is 0 Å². The first-order chi connectivity index (χ1) is 8.59. The Morgan fingerprint density at radius 1 is 1.22 bits per heavy atom. The highest BCUT2D eigenvalue weighted by atomic mass is 16.5. The number of nitrogens with one attached hydrogen (secondary N) is 1. The summed E-state index contributed by atoms with van der Waals surface area (Å²) >= 11 is 0. The molecule has 1 aliphatic rings. The van der Waals surface area contributed by atoms with Crippen molar-refractivity contribution in [2.24, 2.45) is 11.8 Å². The molecule has 1 N–H and O–H groups in total. The summed E-state index contributed by atoms with van der Waals surface area (Å²) in [6, 6.07) is 0.594. The normalized spacial score (nSPS) is 25.6. The van der Waals surface area contributed by atoms with Crippen molar-refractivity contribution in [3.05, 3.63) is 12.2 Å². The molecule has 0 bridgehead atoms. The Morgan fingerprint density at radius 3 is 2.61 bits per heavy atom. The Hall–Kier alpha value is -0.340. The Labute approximate surface area is 113 Å². The van der Waals surface area contributed by atoms with E-state index in [9.17, 15) is 0 Å². The molecule has 0 spiro atoms. The van der Waals surface area contributed by atoms with Gasteiger partial charge in [0, 0.05) is 6.04 Å². The van der Waals surface area contributed by atoms with Crippen molar-refractivity contribution in [1.82, 2.24) is 5.32 Å². The lowest BCUT2D eigenvalue weighted by atomic mass is 9.85. The smallest absolute Gasteiger partial charge is 0.0547 e. The molecular formula is C16H31NO. The second-order valence-electron chi connectivity index (χ2n) is 6.08. The van der Waals surface area contributed by atoms with Crippen molar-refractivity contribution >= 4 is 0 Å². The first kappa shape index (κ1) is 15.7. The lowest BCUT2D eigenvalue weighted by Gasteiger charge is -2.26. The van der Waals surface area contributed by atoms with Crippen molar-refractivity contribution in [3.63, 3.8) is 0 Å². The summed E-state index contributed by atoms with van der Waals surface area (Å²) in [7, 11) is 0. The van der Waals surface area contributed by atoms with Gasteiger partial charge < -0.3 is 10.1 Å². The zero-order valence-corrected chi connectivity index (χ0v) is 12.6. The predicted molar refractivity (Wildman–Crippen MR) is 78.8 cm³/mol. The molecule has 0 saturated heterocycles. The van der Waals surface area contributed by atoms with E-state index in [0.717, 1.165) is 31.4 Å². The summed E-state index contributed by atoms with van der Waals surface area (Å²) in [6.45, 7) is 11.0. The molecule has 0 aromatic rings. The van der Waals surface area contributed by atoms with Crippen LogP contribution in [0.1, 0.15) is 53.4 Å². The van der Waals surface area contributed by atoms with E-state index in [1.807, 2.05) is 0 Å². The van der Waals surface area contributed by atoms with Gasteiger partial charge in [0.15, 0.2) is 0 Å². The van der Waals surface area contributed by atoms with Gasteiger partial charge in [-0.05, 0) is 51.0 Å². The fourth-order valence-electron chi connectivity index (χ4n) is 2.39. The number of rotatable bonds is 8. The summed E-state index contributed by atoms with van der Waals surface area (Å²) < 4.78 is 6.00. The van der Waals surface area contributed by atoms with Crippen LogP contribution in [0.4, 0.5) is 0 Å². The Balaban J connectivity index is 2.05. The Kier molecular flexibility index (Phi) is 7.60. The van der Waals surface area contributed by atoms with E-state index in [2.05, 4.69) is 45.2 Å². The summed E-state index contributed by atoms with van der Waals surface area (Å²) in [6.07, 6.45) is 9.81. The Bertz CT molecular complexity index is 237. The monoisotopic (exact) mass is 253 g/mol. The summed E-state index contributed by atoms with van der Waals surface area (Å²) in [4.78, 5) is 0. The highest BCUT2D eigenvalue weighted by Crippen LogP contribution is 2.25. The van der Waals surface area contributed by atoms with Crippen LogP contribution in [0.3, 0.4) is 0 Å². The van der Waals surface area contributed by atoms with Gasteiger partial charge in [-0.15, -0.1) is 0 Å². The fraction of sp³-hybridized carbons (Fsp3) is 0.875. The standard InChI is InChI=1S/C16H31NO/c1-13(2)17-11-7-9-15(4)18-12-16-10-6-5-8-14(16)3/h5-6,13-17H,7-12H2,1-4H3. The number of allylic oxidation sites excluding steroid dienone is 2. The summed E-state index contributed by atoms with van der Waals surface area (Å²) in [5.74, 6) is 1.51. The summed E-state index contributed by atoms with van der Waals surface area (Å²) in [5, 5.41) is 3.45. The molecular weight excluding hydrogens is 222 g/mol. The van der Waals surface area contributed by atoms with Gasteiger partial charge in [0.05, 0.1) is 12.7 Å². The minimum absolute atomic E-state index is 0.400. The minimum atomic E-state index is 0.400. The fourth-order valence-corrected chi connectivity index (χ4v) is 2.39. The quantitative estimate of drug-likeness (QED) is 0.525. The van der Waals surface area contributed by atoms with Crippen LogP contribution in [0.5, 0.6) is 0 Å². The van der Waals surface area contributed by atoms with Gasteiger partial charge in [-0.1, -0.05) is 32.9 Å². The van der Waals surface area contributed by atoms with E-state index in [0.29, 0.717) is 12.1 Å². The third-order valence-electron chi connectivity index (χ3n) is 3.85. The van der Waals surface area contributed by atoms with Crippen molar-refractivity contribution in [1.29, 1.82) is 0 Å². The van der Waals surface area contributed by atoms with E-state index >= 15 is 0 Å². The average molecular weight is 253 g/mol. The van der Waals surface area contributed by atoms with Gasteiger partial charge in [0.1, 0.15) is 0 Å². The Morgan fingerprint density at radius 2 is 1.94 bits per heavy atom. The van der Waals surface area contributed by atoms with E-state index in [4.69, 9.17) is 4.74 Å². The lowest BCUT2D eigenvalue weighted by molar-refractivity contribution is 0.0214. The highest BCUT2D eigenvalue weighted by Gasteiger charge is 2.19. The molecule has 3 atom stereocenters. The minimum Gasteiger partial charge on any atom is -0.378 e. The molecule has 1 rings (SSSR count). The topological polar surface area (TPSA) is 21.3 Å². The molecule has 106 valence electrons. The molecule has 3 unspecified atom stereocenters. The maximum atomic E-state index is 6.00. The number of hydrogen-bond acceptors (Lipinski definition) is 2. The van der Waals surface area contributed by atoms with Gasteiger partial charge in [0.2, 0.25) is 0 Å². The van der Waals surface area contributed by atoms with Crippen LogP contribution in [0.2, 0.25) is 0 Å². The van der Waals surface area contributed by atoms with Crippen molar-refractivity contribution in [2.75, 3.05) is 13.2 Å². The van der Waals surface area contributed by atoms with Gasteiger partial charge in [0.25, 0.3) is 0 Å². The third-order valence-corrected chi connectivity index (χ3v) is 3.85. The van der Waals surface area contributed by atoms with Crippen molar-refractivity contribution in [3.8, 4) is 0 Å². The third kappa shape index (κ3) is 6.55. The molecule has 0 heterocycles. The molecule has 2 nitrogen and oxygen atoms in total. The van der Waals surface area contributed by atoms with Crippen LogP contribution in [-0.2, 0) is 4.74 Å². The molecule has 0 radical (unpaired) electrons. The largest absolute Gasteiger partial charge is 0.378 e. The van der Waals surface area contributed by atoms with Crippen LogP contribution < -0.4 is 5.32 Å². The second-order valence-corrected chi connectivity index (χ2v) is 6.08. The van der Waals surface area contributed by atoms with Gasteiger partial charge in [-0.3, -0.25) is 0 Å². The zero-order chi connectivity index (χ0) is 13.4. The molecule has 1 aliphatic carbocycles. The van der Waals surface area contributed by atoms with Crippen LogP contribution in [-0.4, -0.2) is 25.3 Å². The molecule has 2 heteroatoms. The molecule has 18 heavy (non-hydrogen) atoms.